The summed E-state index contributed by atoms with van der Waals surface area (Å²) in [6.45, 7) is 10.4. The molecule has 0 unspecified atom stereocenters. The lowest BCUT2D eigenvalue weighted by Crippen LogP contribution is -2.42. The van der Waals surface area contributed by atoms with Crippen molar-refractivity contribution in [1.29, 1.82) is 0 Å². The molecular formula is C15H33NS. The molecule has 0 aromatic rings. The molecule has 0 spiro atoms. The van der Waals surface area contributed by atoms with Crippen molar-refractivity contribution in [2.24, 2.45) is 0 Å². The van der Waals surface area contributed by atoms with Gasteiger partial charge in [0.15, 0.2) is 0 Å². The van der Waals surface area contributed by atoms with Gasteiger partial charge in [-0.2, -0.15) is 11.8 Å². The average Bonchev–Trinajstić information content (AvgIpc) is 2.28. The van der Waals surface area contributed by atoms with E-state index in [-0.39, 0.29) is 0 Å². The van der Waals surface area contributed by atoms with E-state index in [4.69, 9.17) is 0 Å². The molecule has 0 bridgehead atoms. The molecule has 0 aromatic heterocycles. The summed E-state index contributed by atoms with van der Waals surface area (Å²) >= 11 is 2.10. The van der Waals surface area contributed by atoms with Crippen molar-refractivity contribution < 1.29 is 0 Å². The number of unbranched alkanes of at least 4 members (excludes halogenated alkanes) is 1. The average molecular weight is 260 g/mol. The van der Waals surface area contributed by atoms with E-state index in [9.17, 15) is 0 Å². The number of thioether (sulfide) groups is 1. The minimum Gasteiger partial charge on any atom is -0.312 e. The highest BCUT2D eigenvalue weighted by Gasteiger charge is 2.20. The molecule has 0 saturated heterocycles. The van der Waals surface area contributed by atoms with Crippen LogP contribution in [0.1, 0.15) is 72.6 Å². The molecule has 1 nitrogen and oxygen atoms in total. The highest BCUT2D eigenvalue weighted by Crippen LogP contribution is 2.18. The van der Waals surface area contributed by atoms with E-state index in [0.717, 1.165) is 0 Å². The molecule has 104 valence electrons. The summed E-state index contributed by atoms with van der Waals surface area (Å²) in [6, 6.07) is 0. The molecule has 2 heteroatoms. The molecule has 0 aliphatic rings. The molecule has 0 radical (unpaired) electrons. The molecule has 17 heavy (non-hydrogen) atoms. The summed E-state index contributed by atoms with van der Waals surface area (Å²) in [6.07, 6.45) is 9.21. The maximum absolute atomic E-state index is 3.78. The van der Waals surface area contributed by atoms with Crippen molar-refractivity contribution in [3.8, 4) is 0 Å². The Morgan fingerprint density at radius 2 is 1.53 bits per heavy atom. The van der Waals surface area contributed by atoms with Crippen molar-refractivity contribution in [3.05, 3.63) is 0 Å². The van der Waals surface area contributed by atoms with Crippen LogP contribution in [0.5, 0.6) is 0 Å². The molecule has 0 aliphatic carbocycles. The topological polar surface area (TPSA) is 12.0 Å². The minimum absolute atomic E-state index is 0.389. The highest BCUT2D eigenvalue weighted by molar-refractivity contribution is 7.99. The van der Waals surface area contributed by atoms with E-state index < -0.39 is 0 Å². The Hall–Kier alpha value is 0.310. The van der Waals surface area contributed by atoms with Gasteiger partial charge in [0.1, 0.15) is 0 Å². The SMILES string of the molecule is CCCSCCCCNC(C)(CCC)CCC. The van der Waals surface area contributed by atoms with Crippen LogP contribution in [0, 0.1) is 0 Å². The van der Waals surface area contributed by atoms with Gasteiger partial charge >= 0.3 is 0 Å². The van der Waals surface area contributed by atoms with Crippen LogP contribution in [-0.2, 0) is 0 Å². The van der Waals surface area contributed by atoms with Crippen LogP contribution in [-0.4, -0.2) is 23.6 Å². The van der Waals surface area contributed by atoms with Crippen molar-refractivity contribution in [3.63, 3.8) is 0 Å². The Labute approximate surface area is 114 Å². The summed E-state index contributed by atoms with van der Waals surface area (Å²) in [5.74, 6) is 2.67. The fraction of sp³-hybridized carbons (Fsp3) is 1.00. The predicted molar refractivity (Wildman–Crippen MR) is 83.1 cm³/mol. The molecule has 0 aromatic carbocycles. The normalized spacial score (nSPS) is 12.0. The van der Waals surface area contributed by atoms with Crippen LogP contribution < -0.4 is 5.32 Å². The van der Waals surface area contributed by atoms with E-state index >= 15 is 0 Å². The van der Waals surface area contributed by atoms with Gasteiger partial charge in [-0.05, 0) is 57.1 Å². The Balaban J connectivity index is 3.54. The Bertz CT molecular complexity index is 153. The minimum atomic E-state index is 0.389. The van der Waals surface area contributed by atoms with Gasteiger partial charge in [-0.1, -0.05) is 33.6 Å². The number of hydrogen-bond donors (Lipinski definition) is 1. The van der Waals surface area contributed by atoms with E-state index in [1.165, 1.54) is 63.0 Å². The summed E-state index contributed by atoms with van der Waals surface area (Å²) < 4.78 is 0. The first-order valence-corrected chi connectivity index (χ1v) is 8.66. The molecular weight excluding hydrogens is 226 g/mol. The Morgan fingerprint density at radius 1 is 0.882 bits per heavy atom. The van der Waals surface area contributed by atoms with E-state index in [1.807, 2.05) is 0 Å². The lowest BCUT2D eigenvalue weighted by molar-refractivity contribution is 0.301. The van der Waals surface area contributed by atoms with Crippen molar-refractivity contribution >= 4 is 11.8 Å². The summed E-state index contributed by atoms with van der Waals surface area (Å²) in [5.41, 5.74) is 0.389. The van der Waals surface area contributed by atoms with Gasteiger partial charge in [0.25, 0.3) is 0 Å². The van der Waals surface area contributed by atoms with E-state index in [0.29, 0.717) is 5.54 Å². The number of nitrogens with one attached hydrogen (secondary N) is 1. The largest absolute Gasteiger partial charge is 0.312 e. The molecule has 0 atom stereocenters. The van der Waals surface area contributed by atoms with Gasteiger partial charge in [-0.3, -0.25) is 0 Å². The Kier molecular flexibility index (Phi) is 11.6. The van der Waals surface area contributed by atoms with Crippen LogP contribution >= 0.6 is 11.8 Å². The second-order valence-electron chi connectivity index (χ2n) is 5.31. The number of rotatable bonds is 12. The summed E-state index contributed by atoms with van der Waals surface area (Å²) in [4.78, 5) is 0. The first-order valence-electron chi connectivity index (χ1n) is 7.51. The maximum atomic E-state index is 3.78. The van der Waals surface area contributed by atoms with Gasteiger partial charge in [0.05, 0.1) is 0 Å². The van der Waals surface area contributed by atoms with Gasteiger partial charge in [-0.25, -0.2) is 0 Å². The predicted octanol–water partition coefficient (Wildman–Crippen LogP) is 4.86. The van der Waals surface area contributed by atoms with Crippen molar-refractivity contribution in [2.75, 3.05) is 18.1 Å². The van der Waals surface area contributed by atoms with Crippen LogP contribution in [0.3, 0.4) is 0 Å². The van der Waals surface area contributed by atoms with Crippen molar-refractivity contribution in [1.82, 2.24) is 5.32 Å². The summed E-state index contributed by atoms with van der Waals surface area (Å²) in [5, 5.41) is 3.78. The van der Waals surface area contributed by atoms with E-state index in [1.54, 1.807) is 0 Å². The maximum Gasteiger partial charge on any atom is 0.0153 e. The van der Waals surface area contributed by atoms with E-state index in [2.05, 4.69) is 44.8 Å². The third kappa shape index (κ3) is 9.96. The zero-order valence-corrected chi connectivity index (χ0v) is 13.3. The van der Waals surface area contributed by atoms with Crippen LogP contribution in [0.2, 0.25) is 0 Å². The molecule has 1 N–H and O–H groups in total. The van der Waals surface area contributed by atoms with Gasteiger partial charge < -0.3 is 5.32 Å². The summed E-state index contributed by atoms with van der Waals surface area (Å²) in [7, 11) is 0. The first kappa shape index (κ1) is 17.3. The molecule has 0 heterocycles. The standard InChI is InChI=1S/C15H33NS/c1-5-10-15(4,11-6-2)16-12-8-9-14-17-13-7-3/h16H,5-14H2,1-4H3. The molecule has 0 amide bonds. The second-order valence-corrected chi connectivity index (χ2v) is 6.53. The van der Waals surface area contributed by atoms with Gasteiger partial charge in [-0.15, -0.1) is 0 Å². The molecule has 0 saturated carbocycles. The first-order chi connectivity index (χ1) is 8.18. The molecule has 0 rings (SSSR count). The van der Waals surface area contributed by atoms with Crippen LogP contribution in [0.4, 0.5) is 0 Å². The monoisotopic (exact) mass is 259 g/mol. The lowest BCUT2D eigenvalue weighted by Gasteiger charge is -2.30. The zero-order valence-electron chi connectivity index (χ0n) is 12.5. The van der Waals surface area contributed by atoms with Crippen LogP contribution in [0.25, 0.3) is 0 Å². The second kappa shape index (κ2) is 11.4. The van der Waals surface area contributed by atoms with Gasteiger partial charge in [0, 0.05) is 5.54 Å². The van der Waals surface area contributed by atoms with Crippen LogP contribution in [0.15, 0.2) is 0 Å². The van der Waals surface area contributed by atoms with Crippen molar-refractivity contribution in [2.45, 2.75) is 78.2 Å². The fourth-order valence-electron chi connectivity index (χ4n) is 2.37. The fourth-order valence-corrected chi connectivity index (χ4v) is 3.27. The smallest absolute Gasteiger partial charge is 0.0153 e. The highest BCUT2D eigenvalue weighted by atomic mass is 32.2. The zero-order chi connectivity index (χ0) is 13.0. The molecule has 0 aliphatic heterocycles. The third-order valence-electron chi connectivity index (χ3n) is 3.22. The van der Waals surface area contributed by atoms with Gasteiger partial charge in [0.2, 0.25) is 0 Å². The lowest BCUT2D eigenvalue weighted by atomic mass is 9.91. The molecule has 0 fully saturated rings. The third-order valence-corrected chi connectivity index (χ3v) is 4.49. The Morgan fingerprint density at radius 3 is 2.06 bits per heavy atom. The quantitative estimate of drug-likeness (QED) is 0.502. The number of hydrogen-bond acceptors (Lipinski definition) is 2.